The van der Waals surface area contributed by atoms with E-state index in [1.165, 1.54) is 13.8 Å². The van der Waals surface area contributed by atoms with Gasteiger partial charge in [0.15, 0.2) is 0 Å². The Morgan fingerprint density at radius 2 is 0.843 bits per heavy atom. The Kier molecular flexibility index (Phi) is 10.6. The van der Waals surface area contributed by atoms with Gasteiger partial charge in [0.2, 0.25) is 9.84 Å². The predicted molar refractivity (Wildman–Crippen MR) is 193 cm³/mol. The van der Waals surface area contributed by atoms with E-state index in [2.05, 4.69) is 0 Å². The zero-order chi connectivity index (χ0) is 35.8. The van der Waals surface area contributed by atoms with E-state index in [0.717, 1.165) is 22.3 Å². The summed E-state index contributed by atoms with van der Waals surface area (Å²) in [5.41, 5.74) is 4.45. The highest BCUT2D eigenvalue weighted by atomic mass is 32.2. The summed E-state index contributed by atoms with van der Waals surface area (Å²) in [5.74, 6) is 1.64. The van der Waals surface area contributed by atoms with Crippen LogP contribution in [0.5, 0.6) is 23.0 Å². The fourth-order valence-electron chi connectivity index (χ4n) is 5.44. The van der Waals surface area contributed by atoms with Gasteiger partial charge in [-0.15, -0.1) is 0 Å². The van der Waals surface area contributed by atoms with E-state index in [4.69, 9.17) is 18.9 Å². The summed E-state index contributed by atoms with van der Waals surface area (Å²) in [5, 5.41) is 0. The van der Waals surface area contributed by atoms with E-state index < -0.39 is 21.8 Å². The summed E-state index contributed by atoms with van der Waals surface area (Å²) in [7, 11) is -3.86. The summed E-state index contributed by atoms with van der Waals surface area (Å²) in [6.45, 7) is 2.73. The van der Waals surface area contributed by atoms with Crippen molar-refractivity contribution in [3.8, 4) is 45.3 Å². The minimum absolute atomic E-state index is 0.0222. The maximum absolute atomic E-state index is 13.7. The first-order valence-corrected chi connectivity index (χ1v) is 17.6. The molecule has 8 nitrogen and oxygen atoms in total. The Morgan fingerprint density at radius 3 is 1.20 bits per heavy atom. The molecule has 6 rings (SSSR count). The molecule has 51 heavy (non-hydrogen) atoms. The van der Waals surface area contributed by atoms with Gasteiger partial charge in [0.1, 0.15) is 36.2 Å². The fraction of sp³-hybridized carbons (Fsp3) is 0.0952. The van der Waals surface area contributed by atoms with Crippen molar-refractivity contribution in [2.45, 2.75) is 36.9 Å². The lowest BCUT2D eigenvalue weighted by Crippen LogP contribution is -2.03. The van der Waals surface area contributed by atoms with Crippen molar-refractivity contribution in [3.63, 3.8) is 0 Å². The third kappa shape index (κ3) is 8.70. The topological polar surface area (TPSA) is 105 Å². The number of hydrogen-bond donors (Lipinski definition) is 0. The maximum Gasteiger partial charge on any atom is 0.302 e. The van der Waals surface area contributed by atoms with Gasteiger partial charge >= 0.3 is 11.9 Å². The number of benzene rings is 6. The first-order valence-electron chi connectivity index (χ1n) is 16.1. The van der Waals surface area contributed by atoms with Gasteiger partial charge in [-0.1, -0.05) is 72.8 Å². The van der Waals surface area contributed by atoms with Gasteiger partial charge in [-0.2, -0.15) is 0 Å². The van der Waals surface area contributed by atoms with Gasteiger partial charge in [0.05, 0.1) is 9.79 Å². The lowest BCUT2D eigenvalue weighted by atomic mass is 10.00. The highest BCUT2D eigenvalue weighted by molar-refractivity contribution is 7.91. The molecule has 9 heteroatoms. The Bertz CT molecular complexity index is 2090. The van der Waals surface area contributed by atoms with E-state index in [9.17, 15) is 18.0 Å². The average molecular weight is 699 g/mol. The molecule has 0 spiro atoms. The second-order valence-corrected chi connectivity index (χ2v) is 13.5. The molecular weight excluding hydrogens is 665 g/mol. The largest absolute Gasteiger partial charge is 0.461 e. The number of carbonyl (C=O) groups excluding carboxylic acids is 2. The molecule has 0 aliphatic rings. The van der Waals surface area contributed by atoms with E-state index in [0.29, 0.717) is 34.1 Å². The fourth-order valence-corrected chi connectivity index (χ4v) is 6.70. The third-order valence-corrected chi connectivity index (χ3v) is 9.71. The summed E-state index contributed by atoms with van der Waals surface area (Å²) in [6.07, 6.45) is 0. The molecule has 0 aromatic heterocycles. The monoisotopic (exact) mass is 698 g/mol. The van der Waals surface area contributed by atoms with Gasteiger partial charge in [0.25, 0.3) is 0 Å². The average Bonchev–Trinajstić information content (AvgIpc) is 3.14. The highest BCUT2D eigenvalue weighted by Crippen LogP contribution is 2.34. The van der Waals surface area contributed by atoms with Crippen LogP contribution in [0.25, 0.3) is 22.3 Å². The molecule has 6 aromatic carbocycles. The molecule has 0 amide bonds. The van der Waals surface area contributed by atoms with Crippen molar-refractivity contribution in [1.29, 1.82) is 0 Å². The molecule has 0 aliphatic heterocycles. The molecule has 0 bridgehead atoms. The van der Waals surface area contributed by atoms with Gasteiger partial charge in [0, 0.05) is 25.0 Å². The summed E-state index contributed by atoms with van der Waals surface area (Å²) in [4.78, 5) is 23.5. The van der Waals surface area contributed by atoms with Crippen LogP contribution in [-0.4, -0.2) is 20.4 Å². The minimum atomic E-state index is -3.86. The van der Waals surface area contributed by atoms with Crippen molar-refractivity contribution in [3.05, 3.63) is 157 Å². The first kappa shape index (κ1) is 34.7. The molecule has 256 valence electrons. The van der Waals surface area contributed by atoms with Crippen LogP contribution in [0.2, 0.25) is 0 Å². The quantitative estimate of drug-likeness (QED) is 0.116. The first-order chi connectivity index (χ1) is 24.7. The number of ether oxygens (including phenoxy) is 4. The van der Waals surface area contributed by atoms with Crippen LogP contribution < -0.4 is 9.47 Å². The summed E-state index contributed by atoms with van der Waals surface area (Å²) < 4.78 is 50.0. The van der Waals surface area contributed by atoms with Crippen LogP contribution >= 0.6 is 0 Å². The second-order valence-electron chi connectivity index (χ2n) is 11.6. The highest BCUT2D eigenvalue weighted by Gasteiger charge is 2.19. The van der Waals surface area contributed by atoms with Crippen LogP contribution in [0.1, 0.15) is 25.0 Å². The van der Waals surface area contributed by atoms with E-state index in [1.54, 1.807) is 60.7 Å². The van der Waals surface area contributed by atoms with Crippen LogP contribution in [0, 0.1) is 0 Å². The second kappa shape index (κ2) is 15.6. The maximum atomic E-state index is 13.7. The molecule has 0 saturated carbocycles. The van der Waals surface area contributed by atoms with Crippen molar-refractivity contribution in [2.75, 3.05) is 0 Å². The molecule has 0 radical (unpaired) electrons. The number of hydrogen-bond acceptors (Lipinski definition) is 8. The predicted octanol–water partition coefficient (Wildman–Crippen LogP) is 9.56. The van der Waals surface area contributed by atoms with Crippen LogP contribution in [-0.2, 0) is 42.1 Å². The zero-order valence-electron chi connectivity index (χ0n) is 27.9. The van der Waals surface area contributed by atoms with Crippen molar-refractivity contribution in [2.24, 2.45) is 0 Å². The normalized spacial score (nSPS) is 11.0. The van der Waals surface area contributed by atoms with Crippen molar-refractivity contribution < 1.29 is 37.0 Å². The van der Waals surface area contributed by atoms with Crippen molar-refractivity contribution in [1.82, 2.24) is 0 Å². The van der Waals surface area contributed by atoms with Crippen LogP contribution in [0.3, 0.4) is 0 Å². The molecule has 0 fully saturated rings. The van der Waals surface area contributed by atoms with Gasteiger partial charge < -0.3 is 18.9 Å². The number of carbonyl (C=O) groups is 2. The standard InChI is InChI=1S/C42H34O8S/c1-29(43)47-27-33-25-37(49-35-9-5-3-6-10-35)17-23-41(33)31-13-19-39(20-14-31)51(45,46)40-21-15-32(16-22-40)42-24-18-38(26-34(42)28-48-30(2)44)50-36-11-7-4-8-12-36/h3-26H,27-28H2,1-2H3. The van der Waals surface area contributed by atoms with Crippen LogP contribution in [0.4, 0.5) is 0 Å². The minimum Gasteiger partial charge on any atom is -0.461 e. The van der Waals surface area contributed by atoms with E-state index in [-0.39, 0.29) is 23.0 Å². The molecule has 0 heterocycles. The van der Waals surface area contributed by atoms with E-state index in [1.807, 2.05) is 84.9 Å². The lowest BCUT2D eigenvalue weighted by molar-refractivity contribution is -0.143. The van der Waals surface area contributed by atoms with E-state index >= 15 is 0 Å². The number of sulfone groups is 1. The lowest BCUT2D eigenvalue weighted by Gasteiger charge is -2.14. The molecule has 0 atom stereocenters. The number of para-hydroxylation sites is 2. The Hall–Kier alpha value is -6.19. The zero-order valence-corrected chi connectivity index (χ0v) is 28.8. The molecule has 0 aliphatic carbocycles. The molecular formula is C42H34O8S. The van der Waals surface area contributed by atoms with Gasteiger partial charge in [-0.25, -0.2) is 8.42 Å². The number of esters is 2. The SMILES string of the molecule is CC(=O)OCc1cc(Oc2ccccc2)ccc1-c1ccc(S(=O)(=O)c2ccc(-c3ccc(Oc4ccccc4)cc3COC(C)=O)cc2)cc1. The molecule has 0 unspecified atom stereocenters. The third-order valence-electron chi connectivity index (χ3n) is 7.92. The van der Waals surface area contributed by atoms with Gasteiger partial charge in [-0.05, 0) is 95.1 Å². The Balaban J connectivity index is 1.23. The molecule has 0 N–H and O–H groups in total. The Labute approximate surface area is 296 Å². The van der Waals surface area contributed by atoms with Crippen LogP contribution in [0.15, 0.2) is 155 Å². The van der Waals surface area contributed by atoms with Crippen molar-refractivity contribution >= 4 is 21.8 Å². The smallest absolute Gasteiger partial charge is 0.302 e. The Morgan fingerprint density at radius 1 is 0.471 bits per heavy atom. The molecule has 0 saturated heterocycles. The van der Waals surface area contributed by atoms with Gasteiger partial charge in [-0.3, -0.25) is 9.59 Å². The molecule has 6 aromatic rings. The number of rotatable bonds is 12. The summed E-state index contributed by atoms with van der Waals surface area (Å²) in [6, 6.07) is 42.8. The summed E-state index contributed by atoms with van der Waals surface area (Å²) >= 11 is 0.